The topological polar surface area (TPSA) is 99.1 Å². The average molecular weight is 260 g/mol. The molecule has 1 fully saturated rings. The second kappa shape index (κ2) is 6.55. The van der Waals surface area contributed by atoms with Gasteiger partial charge in [-0.2, -0.15) is 0 Å². The van der Waals surface area contributed by atoms with Gasteiger partial charge >= 0.3 is 12.0 Å². The van der Waals surface area contributed by atoms with E-state index in [1.54, 1.807) is 4.90 Å². The van der Waals surface area contributed by atoms with Crippen LogP contribution in [0.3, 0.4) is 0 Å². The third kappa shape index (κ3) is 3.85. The minimum absolute atomic E-state index is 0.00462. The van der Waals surface area contributed by atoms with E-state index in [-0.39, 0.29) is 25.2 Å². The monoisotopic (exact) mass is 260 g/mol. The molecule has 7 nitrogen and oxygen atoms in total. The molecule has 7 heteroatoms. The number of aliphatic hydroxyl groups excluding tert-OH is 1. The van der Waals surface area contributed by atoms with Gasteiger partial charge in [0.2, 0.25) is 0 Å². The maximum absolute atomic E-state index is 12.0. The molecule has 104 valence electrons. The number of aliphatic carboxylic acids is 1. The fourth-order valence-electron chi connectivity index (χ4n) is 1.80. The Balaban J connectivity index is 2.59. The van der Waals surface area contributed by atoms with Gasteiger partial charge in [-0.25, -0.2) is 9.59 Å². The first kappa shape index (κ1) is 14.7. The third-order valence-corrected chi connectivity index (χ3v) is 2.88. The van der Waals surface area contributed by atoms with Gasteiger partial charge in [0.25, 0.3) is 0 Å². The number of carbonyl (C=O) groups excluding carboxylic acids is 1. The summed E-state index contributed by atoms with van der Waals surface area (Å²) in [4.78, 5) is 24.4. The number of carboxylic acids is 1. The van der Waals surface area contributed by atoms with Gasteiger partial charge in [0.05, 0.1) is 18.8 Å². The van der Waals surface area contributed by atoms with Crippen molar-refractivity contribution in [1.29, 1.82) is 0 Å². The summed E-state index contributed by atoms with van der Waals surface area (Å²) in [5.41, 5.74) is 0. The fourth-order valence-corrected chi connectivity index (χ4v) is 1.80. The predicted molar refractivity (Wildman–Crippen MR) is 63.2 cm³/mol. The van der Waals surface area contributed by atoms with E-state index < -0.39 is 18.0 Å². The molecule has 0 spiro atoms. The van der Waals surface area contributed by atoms with Crippen LogP contribution in [0.15, 0.2) is 0 Å². The van der Waals surface area contributed by atoms with Gasteiger partial charge < -0.3 is 25.2 Å². The van der Waals surface area contributed by atoms with Crippen LogP contribution in [0.2, 0.25) is 0 Å². The number of morpholine rings is 1. The van der Waals surface area contributed by atoms with Gasteiger partial charge in [-0.1, -0.05) is 0 Å². The second-order valence-electron chi connectivity index (χ2n) is 4.50. The summed E-state index contributed by atoms with van der Waals surface area (Å²) in [7, 11) is 0. The van der Waals surface area contributed by atoms with Crippen molar-refractivity contribution in [2.75, 3.05) is 19.8 Å². The van der Waals surface area contributed by atoms with Crippen LogP contribution < -0.4 is 5.32 Å². The third-order valence-electron chi connectivity index (χ3n) is 2.88. The molecule has 2 amide bonds. The number of aliphatic hydroxyl groups is 1. The van der Waals surface area contributed by atoms with Crippen molar-refractivity contribution in [3.8, 4) is 0 Å². The van der Waals surface area contributed by atoms with E-state index >= 15 is 0 Å². The number of nitrogens with one attached hydrogen (secondary N) is 1. The molecule has 18 heavy (non-hydrogen) atoms. The number of rotatable bonds is 4. The zero-order valence-corrected chi connectivity index (χ0v) is 10.6. The van der Waals surface area contributed by atoms with Crippen molar-refractivity contribution in [1.82, 2.24) is 10.2 Å². The molecule has 0 aliphatic carbocycles. The standard InChI is InChI=1S/C11H20N2O5/c1-7-6-18-8(2)5-13(7)11(17)12-9(3-4-14)10(15)16/h7-9,14H,3-6H2,1-2H3,(H,12,17)(H,15,16)/t7?,8?,9-/m0/s1. The Hall–Kier alpha value is -1.34. The molecule has 0 aromatic carbocycles. The lowest BCUT2D eigenvalue weighted by Crippen LogP contribution is -2.56. The van der Waals surface area contributed by atoms with Crippen LogP contribution in [0.1, 0.15) is 20.3 Å². The molecule has 1 aliphatic rings. The van der Waals surface area contributed by atoms with E-state index in [0.717, 1.165) is 0 Å². The van der Waals surface area contributed by atoms with Crippen LogP contribution in [-0.4, -0.2) is 65.1 Å². The molecule has 2 unspecified atom stereocenters. The predicted octanol–water partition coefficient (Wildman–Crippen LogP) is -0.359. The number of carbonyl (C=O) groups is 2. The highest BCUT2D eigenvalue weighted by molar-refractivity contribution is 5.82. The van der Waals surface area contributed by atoms with Crippen LogP contribution >= 0.6 is 0 Å². The number of carboxylic acid groups (broad SMARTS) is 1. The first-order valence-electron chi connectivity index (χ1n) is 5.98. The second-order valence-corrected chi connectivity index (χ2v) is 4.50. The van der Waals surface area contributed by atoms with E-state index in [1.165, 1.54) is 0 Å². The quantitative estimate of drug-likeness (QED) is 0.641. The number of nitrogens with zero attached hydrogens (tertiary/aromatic N) is 1. The highest BCUT2D eigenvalue weighted by atomic mass is 16.5. The summed E-state index contributed by atoms with van der Waals surface area (Å²) >= 11 is 0. The van der Waals surface area contributed by atoms with Crippen molar-refractivity contribution < 1.29 is 24.5 Å². The van der Waals surface area contributed by atoms with Gasteiger partial charge in [-0.3, -0.25) is 0 Å². The van der Waals surface area contributed by atoms with E-state index in [0.29, 0.717) is 13.2 Å². The zero-order valence-electron chi connectivity index (χ0n) is 10.6. The summed E-state index contributed by atoms with van der Waals surface area (Å²) in [6, 6.07) is -1.59. The Bertz CT molecular complexity index is 310. The summed E-state index contributed by atoms with van der Waals surface area (Å²) in [5.74, 6) is -1.15. The molecular formula is C11H20N2O5. The number of hydrogen-bond acceptors (Lipinski definition) is 4. The minimum atomic E-state index is -1.15. The Morgan fingerprint density at radius 2 is 2.17 bits per heavy atom. The van der Waals surface area contributed by atoms with Crippen molar-refractivity contribution in [3.63, 3.8) is 0 Å². The maximum Gasteiger partial charge on any atom is 0.326 e. The average Bonchev–Trinajstić information content (AvgIpc) is 2.31. The fraction of sp³-hybridized carbons (Fsp3) is 0.818. The number of ether oxygens (including phenoxy) is 1. The van der Waals surface area contributed by atoms with Crippen molar-refractivity contribution in [2.24, 2.45) is 0 Å². The Labute approximate surface area is 106 Å². The largest absolute Gasteiger partial charge is 0.480 e. The highest BCUT2D eigenvalue weighted by Crippen LogP contribution is 2.11. The molecular weight excluding hydrogens is 240 g/mol. The lowest BCUT2D eigenvalue weighted by molar-refractivity contribution is -0.139. The number of urea groups is 1. The van der Waals surface area contributed by atoms with Crippen LogP contribution in [0.5, 0.6) is 0 Å². The number of amides is 2. The van der Waals surface area contributed by atoms with Crippen LogP contribution in [0.4, 0.5) is 4.79 Å². The van der Waals surface area contributed by atoms with Gasteiger partial charge in [-0.05, 0) is 13.8 Å². The SMILES string of the molecule is CC1CN(C(=O)N[C@@H](CCO)C(=O)O)C(C)CO1. The van der Waals surface area contributed by atoms with Gasteiger partial charge in [0.15, 0.2) is 0 Å². The first-order chi connectivity index (χ1) is 8.45. The van der Waals surface area contributed by atoms with Crippen LogP contribution in [0.25, 0.3) is 0 Å². The van der Waals surface area contributed by atoms with E-state index in [9.17, 15) is 9.59 Å². The first-order valence-corrected chi connectivity index (χ1v) is 5.98. The van der Waals surface area contributed by atoms with Crippen molar-refractivity contribution in [2.45, 2.75) is 38.5 Å². The molecule has 0 aromatic rings. The Morgan fingerprint density at radius 3 is 2.72 bits per heavy atom. The van der Waals surface area contributed by atoms with E-state index in [2.05, 4.69) is 5.32 Å². The molecule has 1 aliphatic heterocycles. The lowest BCUT2D eigenvalue weighted by Gasteiger charge is -2.37. The Kier molecular flexibility index (Phi) is 5.36. The summed E-state index contributed by atoms with van der Waals surface area (Å²) in [6.07, 6.45) is -0.0666. The highest BCUT2D eigenvalue weighted by Gasteiger charge is 2.30. The normalized spacial score (nSPS) is 25.6. The molecule has 3 N–H and O–H groups in total. The molecule has 3 atom stereocenters. The molecule has 0 saturated carbocycles. The molecule has 0 radical (unpaired) electrons. The van der Waals surface area contributed by atoms with Gasteiger partial charge in [0, 0.05) is 19.6 Å². The molecule has 1 heterocycles. The summed E-state index contributed by atoms with van der Waals surface area (Å²) < 4.78 is 5.39. The smallest absolute Gasteiger partial charge is 0.326 e. The lowest BCUT2D eigenvalue weighted by atomic mass is 10.2. The zero-order chi connectivity index (χ0) is 13.7. The molecule has 0 aromatic heterocycles. The van der Waals surface area contributed by atoms with Gasteiger partial charge in [0.1, 0.15) is 6.04 Å². The van der Waals surface area contributed by atoms with Crippen molar-refractivity contribution >= 4 is 12.0 Å². The van der Waals surface area contributed by atoms with Crippen molar-refractivity contribution in [3.05, 3.63) is 0 Å². The molecule has 0 bridgehead atoms. The van der Waals surface area contributed by atoms with E-state index in [1.807, 2.05) is 13.8 Å². The van der Waals surface area contributed by atoms with E-state index in [4.69, 9.17) is 14.9 Å². The van der Waals surface area contributed by atoms with Crippen LogP contribution in [-0.2, 0) is 9.53 Å². The minimum Gasteiger partial charge on any atom is -0.480 e. The Morgan fingerprint density at radius 1 is 1.50 bits per heavy atom. The van der Waals surface area contributed by atoms with Gasteiger partial charge in [-0.15, -0.1) is 0 Å². The maximum atomic E-state index is 12.0. The summed E-state index contributed by atoms with van der Waals surface area (Å²) in [5, 5.41) is 20.1. The summed E-state index contributed by atoms with van der Waals surface area (Å²) in [6.45, 7) is 4.28. The molecule has 1 rings (SSSR count). The molecule has 1 saturated heterocycles. The van der Waals surface area contributed by atoms with Crippen LogP contribution in [0, 0.1) is 0 Å². The number of hydrogen-bond donors (Lipinski definition) is 3.